The van der Waals surface area contributed by atoms with Gasteiger partial charge in [0, 0.05) is 11.3 Å². The summed E-state index contributed by atoms with van der Waals surface area (Å²) in [6.45, 7) is 9.08. The van der Waals surface area contributed by atoms with Crippen molar-refractivity contribution in [3.8, 4) is 0 Å². The topological polar surface area (TPSA) is 83.6 Å². The number of carboxylic acids is 1. The van der Waals surface area contributed by atoms with Gasteiger partial charge in [-0.15, -0.1) is 0 Å². The second-order valence-corrected chi connectivity index (χ2v) is 5.10. The van der Waals surface area contributed by atoms with E-state index < -0.39 is 5.97 Å². The molecule has 0 unspecified atom stereocenters. The largest absolute Gasteiger partial charge is 0.478 e. The molecule has 0 atom stereocenters. The molecule has 22 heavy (non-hydrogen) atoms. The van der Waals surface area contributed by atoms with E-state index in [1.54, 1.807) is 39.0 Å². The van der Waals surface area contributed by atoms with Gasteiger partial charge in [-0.1, -0.05) is 23.4 Å². The zero-order valence-corrected chi connectivity index (χ0v) is 13.5. The Morgan fingerprint density at radius 3 is 2.41 bits per heavy atom. The van der Waals surface area contributed by atoms with Gasteiger partial charge in [0.1, 0.15) is 6.61 Å². The van der Waals surface area contributed by atoms with Crippen LogP contribution in [0.1, 0.15) is 49.2 Å². The highest BCUT2D eigenvalue weighted by Crippen LogP contribution is 2.15. The Morgan fingerprint density at radius 2 is 1.82 bits per heavy atom. The van der Waals surface area contributed by atoms with E-state index in [9.17, 15) is 9.90 Å². The van der Waals surface area contributed by atoms with Crippen LogP contribution in [0.15, 0.2) is 33.6 Å². The zero-order valence-electron chi connectivity index (χ0n) is 13.5. The summed E-state index contributed by atoms with van der Waals surface area (Å²) in [7, 11) is 0. The summed E-state index contributed by atoms with van der Waals surface area (Å²) in [5, 5.41) is 21.2. The van der Waals surface area contributed by atoms with E-state index in [0.29, 0.717) is 22.6 Å². The van der Waals surface area contributed by atoms with Gasteiger partial charge >= 0.3 is 5.97 Å². The van der Waals surface area contributed by atoms with Crippen molar-refractivity contribution in [2.24, 2.45) is 15.4 Å². The minimum Gasteiger partial charge on any atom is -0.478 e. The fraction of sp³-hybridized carbons (Fsp3) is 0.375. The van der Waals surface area contributed by atoms with E-state index in [-0.39, 0.29) is 12.2 Å². The van der Waals surface area contributed by atoms with Crippen molar-refractivity contribution in [1.82, 2.24) is 0 Å². The van der Waals surface area contributed by atoms with E-state index in [4.69, 9.17) is 4.84 Å². The average Bonchev–Trinajstić information content (AvgIpc) is 2.44. The van der Waals surface area contributed by atoms with Crippen molar-refractivity contribution < 1.29 is 14.7 Å². The number of oxime groups is 1. The molecule has 0 aliphatic rings. The fourth-order valence-corrected chi connectivity index (χ4v) is 1.67. The molecular formula is C16H21N3O3. The Bertz CT molecular complexity index is 642. The second-order valence-electron chi connectivity index (χ2n) is 5.10. The predicted molar refractivity (Wildman–Crippen MR) is 87.9 cm³/mol. The molecule has 0 spiro atoms. The van der Waals surface area contributed by atoms with E-state index >= 15 is 0 Å². The van der Waals surface area contributed by atoms with Crippen LogP contribution in [0.3, 0.4) is 0 Å². The van der Waals surface area contributed by atoms with E-state index in [2.05, 4.69) is 15.4 Å². The molecule has 0 aliphatic carbocycles. The van der Waals surface area contributed by atoms with Crippen LogP contribution in [0.2, 0.25) is 0 Å². The lowest BCUT2D eigenvalue weighted by molar-refractivity contribution is 0.0687. The van der Waals surface area contributed by atoms with Crippen molar-refractivity contribution in [3.05, 3.63) is 34.9 Å². The summed E-state index contributed by atoms with van der Waals surface area (Å²) in [5.41, 5.74) is 3.62. The molecule has 0 aliphatic heterocycles. The van der Waals surface area contributed by atoms with E-state index in [1.165, 1.54) is 0 Å². The summed E-state index contributed by atoms with van der Waals surface area (Å²) in [5.74, 6) is -0.970. The third-order valence-corrected chi connectivity index (χ3v) is 2.92. The third kappa shape index (κ3) is 5.12. The van der Waals surface area contributed by atoms with Gasteiger partial charge in [0.05, 0.1) is 17.0 Å². The van der Waals surface area contributed by atoms with Crippen LogP contribution >= 0.6 is 0 Å². The maximum atomic E-state index is 11.3. The van der Waals surface area contributed by atoms with Crippen molar-refractivity contribution >= 4 is 23.1 Å². The number of aromatic carboxylic acids is 1. The van der Waals surface area contributed by atoms with Gasteiger partial charge in [-0.3, -0.25) is 0 Å². The van der Waals surface area contributed by atoms with Crippen molar-refractivity contribution in [2.75, 3.05) is 0 Å². The van der Waals surface area contributed by atoms with Crippen LogP contribution in [0.4, 0.5) is 0 Å². The summed E-state index contributed by atoms with van der Waals surface area (Å²) < 4.78 is 0. The Labute approximate surface area is 130 Å². The van der Waals surface area contributed by atoms with Gasteiger partial charge < -0.3 is 9.94 Å². The van der Waals surface area contributed by atoms with Gasteiger partial charge in [-0.2, -0.15) is 10.2 Å². The Hall–Kier alpha value is -2.50. The first-order chi connectivity index (χ1) is 10.3. The van der Waals surface area contributed by atoms with Crippen LogP contribution in [-0.2, 0) is 11.4 Å². The molecule has 1 N–H and O–H groups in total. The van der Waals surface area contributed by atoms with Crippen LogP contribution in [0.5, 0.6) is 0 Å². The molecule has 0 saturated heterocycles. The van der Waals surface area contributed by atoms with Crippen molar-refractivity contribution in [2.45, 2.75) is 41.2 Å². The molecule has 0 aromatic heterocycles. The zero-order chi connectivity index (χ0) is 16.7. The molecule has 1 aromatic rings. The number of hydrogen-bond donors (Lipinski definition) is 1. The average molecular weight is 303 g/mol. The molecule has 1 rings (SSSR count). The monoisotopic (exact) mass is 303 g/mol. The number of carboxylic acid groups (broad SMARTS) is 1. The quantitative estimate of drug-likeness (QED) is 0.645. The van der Waals surface area contributed by atoms with Crippen LogP contribution in [0, 0.1) is 6.92 Å². The predicted octanol–water partition coefficient (Wildman–Crippen LogP) is 3.44. The summed E-state index contributed by atoms with van der Waals surface area (Å²) in [6.07, 6.45) is 0. The number of rotatable bonds is 6. The summed E-state index contributed by atoms with van der Waals surface area (Å²) in [4.78, 5) is 16.5. The highest BCUT2D eigenvalue weighted by Gasteiger charge is 2.13. The molecule has 0 radical (unpaired) electrons. The van der Waals surface area contributed by atoms with Crippen molar-refractivity contribution in [1.29, 1.82) is 0 Å². The lowest BCUT2D eigenvalue weighted by Gasteiger charge is -2.08. The minimum absolute atomic E-state index is 0.0873. The lowest BCUT2D eigenvalue weighted by Crippen LogP contribution is -2.08. The second kappa shape index (κ2) is 8.07. The van der Waals surface area contributed by atoms with Gasteiger partial charge in [0.2, 0.25) is 0 Å². The standard InChI is InChI=1S/C16H21N3O3/c1-10(2)17-18-12(4)13(5)19-22-9-14-8-6-7-11(3)15(14)16(20)21/h6-8H,9H2,1-5H3,(H,20,21). The lowest BCUT2D eigenvalue weighted by atomic mass is 10.0. The number of aryl methyl sites for hydroxylation is 1. The Kier molecular flexibility index (Phi) is 6.44. The molecule has 0 amide bonds. The Morgan fingerprint density at radius 1 is 1.14 bits per heavy atom. The summed E-state index contributed by atoms with van der Waals surface area (Å²) in [6, 6.07) is 5.26. The number of hydrogen-bond acceptors (Lipinski definition) is 5. The van der Waals surface area contributed by atoms with E-state index in [1.807, 2.05) is 13.8 Å². The molecule has 6 heteroatoms. The first kappa shape index (κ1) is 17.6. The SMILES string of the molecule is CC(C)=NN=C(C)C(C)=NOCc1cccc(C)c1C(=O)O. The Balaban J connectivity index is 2.82. The maximum Gasteiger partial charge on any atom is 0.336 e. The molecule has 1 aromatic carbocycles. The highest BCUT2D eigenvalue weighted by atomic mass is 16.6. The van der Waals surface area contributed by atoms with Crippen LogP contribution in [0.25, 0.3) is 0 Å². The van der Waals surface area contributed by atoms with Gasteiger partial charge in [-0.05, 0) is 40.2 Å². The van der Waals surface area contributed by atoms with Crippen LogP contribution < -0.4 is 0 Å². The molecule has 0 fully saturated rings. The number of carbonyl (C=O) groups is 1. The maximum absolute atomic E-state index is 11.3. The first-order valence-corrected chi connectivity index (χ1v) is 6.87. The molecular weight excluding hydrogens is 282 g/mol. The van der Waals surface area contributed by atoms with Crippen LogP contribution in [-0.4, -0.2) is 28.2 Å². The highest BCUT2D eigenvalue weighted by molar-refractivity contribution is 6.40. The van der Waals surface area contributed by atoms with Crippen molar-refractivity contribution in [3.63, 3.8) is 0 Å². The van der Waals surface area contributed by atoms with Gasteiger partial charge in [0.25, 0.3) is 0 Å². The smallest absolute Gasteiger partial charge is 0.336 e. The first-order valence-electron chi connectivity index (χ1n) is 6.87. The molecule has 0 bridgehead atoms. The van der Waals surface area contributed by atoms with Gasteiger partial charge in [-0.25, -0.2) is 4.79 Å². The van der Waals surface area contributed by atoms with E-state index in [0.717, 1.165) is 5.71 Å². The molecule has 0 heterocycles. The molecule has 0 saturated carbocycles. The number of nitrogens with zero attached hydrogens (tertiary/aromatic N) is 3. The third-order valence-electron chi connectivity index (χ3n) is 2.92. The molecule has 6 nitrogen and oxygen atoms in total. The normalized spacial score (nSPS) is 12.0. The fourth-order valence-electron chi connectivity index (χ4n) is 1.67. The molecule has 118 valence electrons. The summed E-state index contributed by atoms with van der Waals surface area (Å²) >= 11 is 0. The van der Waals surface area contributed by atoms with Gasteiger partial charge in [0.15, 0.2) is 0 Å². The number of benzene rings is 1. The minimum atomic E-state index is -0.970.